The Morgan fingerprint density at radius 2 is 2.00 bits per heavy atom. The molecule has 0 spiro atoms. The van der Waals surface area contributed by atoms with Gasteiger partial charge in [0.05, 0.1) is 13.2 Å². The van der Waals surface area contributed by atoms with Gasteiger partial charge in [0, 0.05) is 37.5 Å². The summed E-state index contributed by atoms with van der Waals surface area (Å²) in [6, 6.07) is 8.04. The number of fused-ring (bicyclic) bond motifs is 1. The Morgan fingerprint density at radius 3 is 2.82 bits per heavy atom. The average Bonchev–Trinajstić information content (AvgIpc) is 2.69. The van der Waals surface area contributed by atoms with Crippen LogP contribution in [0.1, 0.15) is 28.3 Å². The third-order valence-corrected chi connectivity index (χ3v) is 3.72. The van der Waals surface area contributed by atoms with Gasteiger partial charge in [0.15, 0.2) is 5.78 Å². The number of rotatable bonds is 2. The second-order valence-electron chi connectivity index (χ2n) is 4.82. The third-order valence-electron chi connectivity index (χ3n) is 3.72. The number of morpholine rings is 1. The fraction of sp³-hybridized carbons (Fsp3) is 0.500. The minimum Gasteiger partial charge on any atom is -0.379 e. The highest BCUT2D eigenvalue weighted by Crippen LogP contribution is 2.33. The van der Waals surface area contributed by atoms with Gasteiger partial charge in [0.2, 0.25) is 0 Å². The number of carbonyl (C=O) groups is 1. The normalized spacial score (nSPS) is 24.9. The number of carbonyl (C=O) groups excluding carboxylic acids is 1. The number of benzene rings is 1. The molecular weight excluding hydrogens is 214 g/mol. The summed E-state index contributed by atoms with van der Waals surface area (Å²) >= 11 is 0. The first-order chi connectivity index (χ1) is 8.34. The lowest BCUT2D eigenvalue weighted by Gasteiger charge is -2.29. The zero-order valence-electron chi connectivity index (χ0n) is 9.89. The van der Waals surface area contributed by atoms with E-state index in [9.17, 15) is 4.79 Å². The highest BCUT2D eigenvalue weighted by molar-refractivity contribution is 6.01. The maximum atomic E-state index is 11.9. The van der Waals surface area contributed by atoms with Crippen LogP contribution in [0.25, 0.3) is 0 Å². The summed E-state index contributed by atoms with van der Waals surface area (Å²) in [5, 5.41) is 0. The first kappa shape index (κ1) is 10.9. The summed E-state index contributed by atoms with van der Waals surface area (Å²) in [5.74, 6) is 0.690. The predicted octanol–water partition coefficient (Wildman–Crippen LogP) is 1.69. The maximum Gasteiger partial charge on any atom is 0.163 e. The zero-order chi connectivity index (χ0) is 11.7. The molecule has 1 aromatic carbocycles. The summed E-state index contributed by atoms with van der Waals surface area (Å²) in [4.78, 5) is 14.3. The number of ether oxygens (including phenoxy) is 1. The molecule has 1 unspecified atom stereocenters. The topological polar surface area (TPSA) is 29.5 Å². The minimum absolute atomic E-state index is 0.304. The van der Waals surface area contributed by atoms with E-state index in [0.717, 1.165) is 38.4 Å². The van der Waals surface area contributed by atoms with E-state index in [4.69, 9.17) is 4.74 Å². The van der Waals surface area contributed by atoms with Crippen LogP contribution in [-0.4, -0.2) is 43.5 Å². The number of Topliss-reactive ketones (excluding diaryl/α,β-unsaturated/α-hetero) is 1. The van der Waals surface area contributed by atoms with Crippen LogP contribution in [0.15, 0.2) is 24.3 Å². The van der Waals surface area contributed by atoms with Crippen LogP contribution in [0.2, 0.25) is 0 Å². The largest absolute Gasteiger partial charge is 0.379 e. The highest BCUT2D eigenvalue weighted by atomic mass is 16.5. The molecule has 1 aliphatic heterocycles. The molecule has 0 saturated carbocycles. The monoisotopic (exact) mass is 231 g/mol. The van der Waals surface area contributed by atoms with Crippen molar-refractivity contribution in [2.45, 2.75) is 12.3 Å². The Labute approximate surface area is 101 Å². The van der Waals surface area contributed by atoms with Crippen LogP contribution in [0.5, 0.6) is 0 Å². The molecule has 2 aliphatic rings. The third kappa shape index (κ3) is 2.13. The zero-order valence-corrected chi connectivity index (χ0v) is 9.89. The fourth-order valence-electron chi connectivity index (χ4n) is 2.81. The number of hydrogen-bond acceptors (Lipinski definition) is 3. The van der Waals surface area contributed by atoms with Crippen LogP contribution in [0.4, 0.5) is 0 Å². The quantitative estimate of drug-likeness (QED) is 0.775. The lowest BCUT2D eigenvalue weighted by Crippen LogP contribution is -2.38. The van der Waals surface area contributed by atoms with Gasteiger partial charge in [0.25, 0.3) is 0 Å². The van der Waals surface area contributed by atoms with Crippen molar-refractivity contribution in [2.75, 3.05) is 32.8 Å². The second-order valence-corrected chi connectivity index (χ2v) is 4.82. The summed E-state index contributed by atoms with van der Waals surface area (Å²) in [7, 11) is 0. The van der Waals surface area contributed by atoms with Crippen LogP contribution in [0.3, 0.4) is 0 Å². The van der Waals surface area contributed by atoms with Crippen LogP contribution in [-0.2, 0) is 4.74 Å². The van der Waals surface area contributed by atoms with E-state index >= 15 is 0 Å². The van der Waals surface area contributed by atoms with Crippen LogP contribution >= 0.6 is 0 Å². The van der Waals surface area contributed by atoms with E-state index < -0.39 is 0 Å². The lowest BCUT2D eigenvalue weighted by molar-refractivity contribution is 0.0350. The van der Waals surface area contributed by atoms with Crippen molar-refractivity contribution in [2.24, 2.45) is 0 Å². The molecular formula is C14H17NO2. The second kappa shape index (κ2) is 4.59. The molecule has 1 aliphatic carbocycles. The van der Waals surface area contributed by atoms with Crippen molar-refractivity contribution >= 4 is 5.78 Å². The Balaban J connectivity index is 1.75. The van der Waals surface area contributed by atoms with Crippen molar-refractivity contribution in [1.82, 2.24) is 4.90 Å². The molecule has 0 N–H and O–H groups in total. The molecule has 1 aromatic rings. The summed E-state index contributed by atoms with van der Waals surface area (Å²) in [6.07, 6.45) is 0.677. The smallest absolute Gasteiger partial charge is 0.163 e. The van der Waals surface area contributed by atoms with Crippen molar-refractivity contribution < 1.29 is 9.53 Å². The Kier molecular flexibility index (Phi) is 2.95. The molecule has 1 heterocycles. The van der Waals surface area contributed by atoms with Gasteiger partial charge < -0.3 is 4.74 Å². The number of ketones is 1. The van der Waals surface area contributed by atoms with E-state index in [1.54, 1.807) is 0 Å². The van der Waals surface area contributed by atoms with Gasteiger partial charge in [-0.2, -0.15) is 0 Å². The first-order valence-electron chi connectivity index (χ1n) is 6.27. The SMILES string of the molecule is O=C1CC(CN2CCOCC2)c2ccccc21. The predicted molar refractivity (Wildman–Crippen MR) is 65.4 cm³/mol. The Morgan fingerprint density at radius 1 is 1.24 bits per heavy atom. The molecule has 3 heteroatoms. The molecule has 0 aromatic heterocycles. The molecule has 90 valence electrons. The molecule has 1 fully saturated rings. The van der Waals surface area contributed by atoms with Gasteiger partial charge >= 0.3 is 0 Å². The lowest BCUT2D eigenvalue weighted by atomic mass is 10.0. The Bertz CT molecular complexity index is 424. The molecule has 0 radical (unpaired) electrons. The Hall–Kier alpha value is -1.19. The van der Waals surface area contributed by atoms with Gasteiger partial charge in [-0.1, -0.05) is 24.3 Å². The van der Waals surface area contributed by atoms with Crippen LogP contribution < -0.4 is 0 Å². The average molecular weight is 231 g/mol. The van der Waals surface area contributed by atoms with Gasteiger partial charge in [-0.15, -0.1) is 0 Å². The molecule has 17 heavy (non-hydrogen) atoms. The molecule has 3 rings (SSSR count). The van der Waals surface area contributed by atoms with Gasteiger partial charge in [-0.25, -0.2) is 0 Å². The van der Waals surface area contributed by atoms with Gasteiger partial charge in [-0.3, -0.25) is 9.69 Å². The molecule has 0 bridgehead atoms. The number of hydrogen-bond donors (Lipinski definition) is 0. The van der Waals surface area contributed by atoms with Gasteiger partial charge in [0.1, 0.15) is 0 Å². The van der Waals surface area contributed by atoms with Crippen molar-refractivity contribution in [3.8, 4) is 0 Å². The molecule has 3 nitrogen and oxygen atoms in total. The van der Waals surface area contributed by atoms with Crippen LogP contribution in [0, 0.1) is 0 Å². The summed E-state index contributed by atoms with van der Waals surface area (Å²) in [6.45, 7) is 4.62. The van der Waals surface area contributed by atoms with Crippen molar-refractivity contribution in [1.29, 1.82) is 0 Å². The molecule has 1 atom stereocenters. The van der Waals surface area contributed by atoms with Crippen molar-refractivity contribution in [3.05, 3.63) is 35.4 Å². The highest BCUT2D eigenvalue weighted by Gasteiger charge is 2.30. The molecule has 0 amide bonds. The van der Waals surface area contributed by atoms with Gasteiger partial charge in [-0.05, 0) is 5.56 Å². The van der Waals surface area contributed by atoms with Crippen molar-refractivity contribution in [3.63, 3.8) is 0 Å². The fourth-order valence-corrected chi connectivity index (χ4v) is 2.81. The minimum atomic E-state index is 0.304. The van der Waals surface area contributed by atoms with E-state index in [-0.39, 0.29) is 0 Å². The van der Waals surface area contributed by atoms with E-state index in [1.807, 2.05) is 18.2 Å². The van der Waals surface area contributed by atoms with E-state index in [1.165, 1.54) is 5.56 Å². The maximum absolute atomic E-state index is 11.9. The molecule has 1 saturated heterocycles. The summed E-state index contributed by atoms with van der Waals surface area (Å²) < 4.78 is 5.35. The standard InChI is InChI=1S/C14H17NO2/c16-14-9-11(10-15-5-7-17-8-6-15)12-3-1-2-4-13(12)14/h1-4,11H,5-10H2. The van der Waals surface area contributed by atoms with E-state index in [2.05, 4.69) is 11.0 Å². The summed E-state index contributed by atoms with van der Waals surface area (Å²) in [5.41, 5.74) is 2.18. The number of nitrogens with zero attached hydrogens (tertiary/aromatic N) is 1. The first-order valence-corrected chi connectivity index (χ1v) is 6.27. The van der Waals surface area contributed by atoms with E-state index in [0.29, 0.717) is 18.1 Å².